The zero-order valence-corrected chi connectivity index (χ0v) is 17.8. The van der Waals surface area contributed by atoms with Crippen molar-refractivity contribution in [3.8, 4) is 11.5 Å². The molecule has 0 amide bonds. The highest BCUT2D eigenvalue weighted by molar-refractivity contribution is 7.92. The topological polar surface area (TPSA) is 87.8 Å². The number of aliphatic imine (C=N–C) groups is 1. The Labute approximate surface area is 171 Å². The van der Waals surface area contributed by atoms with Crippen LogP contribution in [0.1, 0.15) is 26.5 Å². The number of sulfone groups is 1. The second-order valence-electron chi connectivity index (χ2n) is 7.64. The molecule has 158 valence electrons. The molecule has 0 atom stereocenters. The Kier molecular flexibility index (Phi) is 6.26. The largest absolute Gasteiger partial charge is 0.444 e. The van der Waals surface area contributed by atoms with E-state index in [4.69, 9.17) is 4.42 Å². The van der Waals surface area contributed by atoms with Gasteiger partial charge >= 0.3 is 0 Å². The van der Waals surface area contributed by atoms with E-state index in [1.807, 2.05) is 11.8 Å². The molecule has 1 aliphatic heterocycles. The van der Waals surface area contributed by atoms with Crippen LogP contribution in [0.2, 0.25) is 0 Å². The number of benzene rings is 1. The summed E-state index contributed by atoms with van der Waals surface area (Å²) in [5.41, 5.74) is 1.47. The summed E-state index contributed by atoms with van der Waals surface area (Å²) in [4.78, 5) is 11.1. The monoisotopic (exact) mass is 422 g/mol. The molecule has 0 spiro atoms. The summed E-state index contributed by atoms with van der Waals surface area (Å²) in [7, 11) is -3.10. The lowest BCUT2D eigenvalue weighted by Crippen LogP contribution is -2.57. The Morgan fingerprint density at radius 3 is 2.72 bits per heavy atom. The molecule has 0 unspecified atom stereocenters. The van der Waals surface area contributed by atoms with Gasteiger partial charge in [-0.3, -0.25) is 4.99 Å². The first-order valence-corrected chi connectivity index (χ1v) is 11.3. The SMILES string of the molecule is CCNC(=NCCc1coc(-c2ccc(F)cc2)n1)N1CCS(=O)(=O)C(C)(C)C1. The standard InChI is InChI=1S/C20H27FN4O3S/c1-4-22-19(25-11-12-29(26,27)20(2,3)14-25)23-10-9-17-13-28-18(24-17)15-5-7-16(21)8-6-15/h5-8,13H,4,9-12,14H2,1-3H3,(H,22,23). The maximum absolute atomic E-state index is 13.0. The van der Waals surface area contributed by atoms with Gasteiger partial charge in [-0.25, -0.2) is 17.8 Å². The first kappa shape index (κ1) is 21.3. The Morgan fingerprint density at radius 1 is 1.34 bits per heavy atom. The molecule has 1 N–H and O–H groups in total. The van der Waals surface area contributed by atoms with Gasteiger partial charge in [0.05, 0.1) is 16.2 Å². The molecule has 0 saturated carbocycles. The Hall–Kier alpha value is -2.42. The lowest BCUT2D eigenvalue weighted by molar-refractivity contribution is 0.353. The van der Waals surface area contributed by atoms with Crippen LogP contribution in [0.5, 0.6) is 0 Å². The van der Waals surface area contributed by atoms with E-state index in [0.29, 0.717) is 50.0 Å². The van der Waals surface area contributed by atoms with Gasteiger partial charge in [0.15, 0.2) is 15.8 Å². The quantitative estimate of drug-likeness (QED) is 0.588. The van der Waals surface area contributed by atoms with Crippen molar-refractivity contribution in [3.05, 3.63) is 42.0 Å². The maximum atomic E-state index is 13.0. The van der Waals surface area contributed by atoms with E-state index in [-0.39, 0.29) is 11.6 Å². The molecular weight excluding hydrogens is 395 g/mol. The van der Waals surface area contributed by atoms with Crippen LogP contribution in [0, 0.1) is 5.82 Å². The van der Waals surface area contributed by atoms with E-state index in [1.165, 1.54) is 12.1 Å². The van der Waals surface area contributed by atoms with E-state index in [9.17, 15) is 12.8 Å². The number of halogens is 1. The molecule has 3 rings (SSSR count). The highest BCUT2D eigenvalue weighted by Crippen LogP contribution is 2.24. The van der Waals surface area contributed by atoms with Gasteiger partial charge in [-0.1, -0.05) is 0 Å². The average molecular weight is 423 g/mol. The highest BCUT2D eigenvalue weighted by Gasteiger charge is 2.40. The minimum Gasteiger partial charge on any atom is -0.444 e. The summed E-state index contributed by atoms with van der Waals surface area (Å²) >= 11 is 0. The van der Waals surface area contributed by atoms with E-state index in [0.717, 1.165) is 5.69 Å². The van der Waals surface area contributed by atoms with Gasteiger partial charge < -0.3 is 14.6 Å². The van der Waals surface area contributed by atoms with Gasteiger partial charge in [0.25, 0.3) is 0 Å². The second kappa shape index (κ2) is 8.52. The maximum Gasteiger partial charge on any atom is 0.226 e. The summed E-state index contributed by atoms with van der Waals surface area (Å²) < 4.78 is 42.2. The second-order valence-corrected chi connectivity index (χ2v) is 10.4. The van der Waals surface area contributed by atoms with Crippen molar-refractivity contribution < 1.29 is 17.2 Å². The summed E-state index contributed by atoms with van der Waals surface area (Å²) in [6.45, 7) is 7.50. The molecule has 0 bridgehead atoms. The van der Waals surface area contributed by atoms with Crippen LogP contribution in [-0.4, -0.2) is 60.9 Å². The van der Waals surface area contributed by atoms with Crippen molar-refractivity contribution in [1.29, 1.82) is 0 Å². The third-order valence-corrected chi connectivity index (χ3v) is 7.48. The third-order valence-electron chi connectivity index (χ3n) is 4.95. The van der Waals surface area contributed by atoms with E-state index >= 15 is 0 Å². The Balaban J connectivity index is 1.65. The number of hydrogen-bond acceptors (Lipinski definition) is 5. The number of rotatable bonds is 5. The normalized spacial score (nSPS) is 18.6. The summed E-state index contributed by atoms with van der Waals surface area (Å²) in [6, 6.07) is 5.98. The third kappa shape index (κ3) is 4.95. The van der Waals surface area contributed by atoms with Gasteiger partial charge in [-0.2, -0.15) is 0 Å². The van der Waals surface area contributed by atoms with Crippen LogP contribution >= 0.6 is 0 Å². The van der Waals surface area contributed by atoms with Crippen LogP contribution in [-0.2, 0) is 16.3 Å². The smallest absolute Gasteiger partial charge is 0.226 e. The molecule has 1 aromatic heterocycles. The number of nitrogens with zero attached hydrogens (tertiary/aromatic N) is 3. The zero-order valence-electron chi connectivity index (χ0n) is 17.0. The molecule has 1 aliphatic rings. The van der Waals surface area contributed by atoms with Crippen LogP contribution in [0.4, 0.5) is 4.39 Å². The first-order valence-electron chi connectivity index (χ1n) is 9.68. The number of hydrogen-bond donors (Lipinski definition) is 1. The summed E-state index contributed by atoms with van der Waals surface area (Å²) in [6.07, 6.45) is 2.16. The van der Waals surface area contributed by atoms with Crippen LogP contribution in [0.25, 0.3) is 11.5 Å². The number of oxazole rings is 1. The van der Waals surface area contributed by atoms with Crippen molar-refractivity contribution >= 4 is 15.8 Å². The molecule has 2 heterocycles. The molecule has 29 heavy (non-hydrogen) atoms. The molecule has 1 fully saturated rings. The van der Waals surface area contributed by atoms with Gasteiger partial charge in [-0.05, 0) is 45.0 Å². The van der Waals surface area contributed by atoms with Crippen molar-refractivity contribution in [1.82, 2.24) is 15.2 Å². The number of aromatic nitrogens is 1. The lowest BCUT2D eigenvalue weighted by atomic mass is 10.2. The molecule has 2 aromatic rings. The lowest BCUT2D eigenvalue weighted by Gasteiger charge is -2.39. The van der Waals surface area contributed by atoms with Crippen molar-refractivity contribution in [2.24, 2.45) is 4.99 Å². The fourth-order valence-corrected chi connectivity index (χ4v) is 4.54. The van der Waals surface area contributed by atoms with Crippen LogP contribution in [0.3, 0.4) is 0 Å². The highest BCUT2D eigenvalue weighted by atomic mass is 32.2. The Morgan fingerprint density at radius 2 is 2.07 bits per heavy atom. The fourth-order valence-electron chi connectivity index (χ4n) is 3.17. The number of guanidine groups is 1. The molecule has 0 aliphatic carbocycles. The minimum atomic E-state index is -3.10. The van der Waals surface area contributed by atoms with E-state index in [2.05, 4.69) is 15.3 Å². The Bertz CT molecular complexity index is 968. The summed E-state index contributed by atoms with van der Waals surface area (Å²) in [5.74, 6) is 0.963. The molecule has 1 aromatic carbocycles. The molecule has 7 nitrogen and oxygen atoms in total. The molecule has 1 saturated heterocycles. The predicted octanol–water partition coefficient (Wildman–Crippen LogP) is 2.50. The molecule has 0 radical (unpaired) electrons. The first-order chi connectivity index (χ1) is 13.7. The van der Waals surface area contributed by atoms with Gasteiger partial charge in [0, 0.05) is 38.2 Å². The summed E-state index contributed by atoms with van der Waals surface area (Å²) in [5, 5.41) is 3.24. The molecule has 9 heteroatoms. The van der Waals surface area contributed by atoms with E-state index in [1.54, 1.807) is 32.2 Å². The van der Waals surface area contributed by atoms with Crippen LogP contribution in [0.15, 0.2) is 39.9 Å². The predicted molar refractivity (Wildman–Crippen MR) is 111 cm³/mol. The van der Waals surface area contributed by atoms with Crippen molar-refractivity contribution in [2.75, 3.05) is 31.9 Å². The van der Waals surface area contributed by atoms with Gasteiger partial charge in [0.2, 0.25) is 5.89 Å². The van der Waals surface area contributed by atoms with Gasteiger partial charge in [0.1, 0.15) is 12.1 Å². The average Bonchev–Trinajstić information content (AvgIpc) is 3.13. The van der Waals surface area contributed by atoms with E-state index < -0.39 is 14.6 Å². The van der Waals surface area contributed by atoms with Crippen molar-refractivity contribution in [2.45, 2.75) is 31.9 Å². The fraction of sp³-hybridized carbons (Fsp3) is 0.500. The van der Waals surface area contributed by atoms with Gasteiger partial charge in [-0.15, -0.1) is 0 Å². The zero-order chi connectivity index (χ0) is 21.1. The van der Waals surface area contributed by atoms with Crippen molar-refractivity contribution in [3.63, 3.8) is 0 Å². The number of nitrogens with one attached hydrogen (secondary N) is 1. The molecular formula is C20H27FN4O3S. The minimum absolute atomic E-state index is 0.120. The van der Waals surface area contributed by atoms with Crippen LogP contribution < -0.4 is 5.32 Å².